The highest BCUT2D eigenvalue weighted by atomic mass is 19.1. The van der Waals surface area contributed by atoms with E-state index in [4.69, 9.17) is 0 Å². The van der Waals surface area contributed by atoms with Crippen molar-refractivity contribution in [3.05, 3.63) is 65.2 Å². The van der Waals surface area contributed by atoms with Crippen molar-refractivity contribution in [2.24, 2.45) is 0 Å². The molecule has 2 aromatic carbocycles. The third-order valence-electron chi connectivity index (χ3n) is 5.03. The van der Waals surface area contributed by atoms with E-state index in [-0.39, 0.29) is 5.69 Å². The van der Waals surface area contributed by atoms with Crippen molar-refractivity contribution in [1.82, 2.24) is 9.80 Å². The number of aryl methyl sites for hydroxylation is 1. The molecule has 2 aromatic rings. The molecule has 0 aromatic heterocycles. The zero-order valence-corrected chi connectivity index (χ0v) is 15.7. The summed E-state index contributed by atoms with van der Waals surface area (Å²) in [4.78, 5) is 16.8. The summed E-state index contributed by atoms with van der Waals surface area (Å²) in [7, 11) is 0. The van der Waals surface area contributed by atoms with Gasteiger partial charge in [-0.2, -0.15) is 0 Å². The molecule has 1 fully saturated rings. The number of para-hydroxylation sites is 1. The number of halogens is 2. The smallest absolute Gasteiger partial charge is 0.241 e. The van der Waals surface area contributed by atoms with Crippen LogP contribution in [0.25, 0.3) is 0 Å². The maximum atomic E-state index is 13.7. The second-order valence-corrected chi connectivity index (χ2v) is 7.06. The molecule has 1 N–H and O–H groups in total. The lowest BCUT2D eigenvalue weighted by molar-refractivity contribution is -0.121. The van der Waals surface area contributed by atoms with Crippen molar-refractivity contribution in [1.29, 1.82) is 0 Å². The minimum absolute atomic E-state index is 0.382. The van der Waals surface area contributed by atoms with Gasteiger partial charge in [0.1, 0.15) is 17.3 Å². The third kappa shape index (κ3) is 4.90. The number of piperazine rings is 1. The number of rotatable bonds is 5. The Balaban J connectivity index is 1.53. The first-order valence-corrected chi connectivity index (χ1v) is 9.21. The minimum Gasteiger partial charge on any atom is -0.320 e. The lowest BCUT2D eigenvalue weighted by atomic mass is 10.1. The van der Waals surface area contributed by atoms with E-state index < -0.39 is 23.6 Å². The summed E-state index contributed by atoms with van der Waals surface area (Å²) in [5.74, 6) is -1.93. The number of carbonyl (C=O) groups is 1. The van der Waals surface area contributed by atoms with Crippen molar-refractivity contribution in [2.75, 3.05) is 31.5 Å². The van der Waals surface area contributed by atoms with E-state index >= 15 is 0 Å². The molecule has 1 heterocycles. The van der Waals surface area contributed by atoms with Gasteiger partial charge in [-0.25, -0.2) is 8.78 Å². The summed E-state index contributed by atoms with van der Waals surface area (Å²) in [5, 5.41) is 2.39. The first-order valence-electron chi connectivity index (χ1n) is 9.21. The van der Waals surface area contributed by atoms with E-state index in [9.17, 15) is 13.6 Å². The highest BCUT2D eigenvalue weighted by molar-refractivity contribution is 5.94. The molecule has 27 heavy (non-hydrogen) atoms. The van der Waals surface area contributed by atoms with Gasteiger partial charge in [-0.3, -0.25) is 14.6 Å². The molecule has 0 aliphatic carbocycles. The van der Waals surface area contributed by atoms with Crippen LogP contribution < -0.4 is 5.32 Å². The summed E-state index contributed by atoms with van der Waals surface area (Å²) < 4.78 is 27.5. The maximum Gasteiger partial charge on any atom is 0.241 e. The normalized spacial score (nSPS) is 16.9. The molecule has 6 heteroatoms. The summed E-state index contributed by atoms with van der Waals surface area (Å²) in [5.41, 5.74) is 2.15. The molecule has 0 saturated carbocycles. The van der Waals surface area contributed by atoms with Crippen molar-refractivity contribution in [3.63, 3.8) is 0 Å². The van der Waals surface area contributed by atoms with Crippen LogP contribution in [-0.4, -0.2) is 47.9 Å². The van der Waals surface area contributed by atoms with Crippen LogP contribution in [0, 0.1) is 18.6 Å². The Morgan fingerprint density at radius 1 is 1.07 bits per heavy atom. The lowest BCUT2D eigenvalue weighted by Gasteiger charge is -2.37. The molecule has 1 aliphatic rings. The fraction of sp³-hybridized carbons (Fsp3) is 0.381. The number of hydrogen-bond acceptors (Lipinski definition) is 3. The molecule has 3 rings (SSSR count). The van der Waals surface area contributed by atoms with E-state index in [0.29, 0.717) is 0 Å². The Labute approximate surface area is 158 Å². The first-order chi connectivity index (χ1) is 12.9. The van der Waals surface area contributed by atoms with Crippen LogP contribution in [0.15, 0.2) is 42.5 Å². The molecule has 1 atom stereocenters. The average Bonchev–Trinajstić information content (AvgIpc) is 2.65. The fourth-order valence-electron chi connectivity index (χ4n) is 3.39. The zero-order chi connectivity index (χ0) is 19.4. The number of carbonyl (C=O) groups excluding carboxylic acids is 1. The fourth-order valence-corrected chi connectivity index (χ4v) is 3.39. The molecule has 1 amide bonds. The Morgan fingerprint density at radius 2 is 1.70 bits per heavy atom. The van der Waals surface area contributed by atoms with Gasteiger partial charge in [0.05, 0.1) is 6.04 Å². The van der Waals surface area contributed by atoms with Gasteiger partial charge in [-0.15, -0.1) is 0 Å². The van der Waals surface area contributed by atoms with Gasteiger partial charge in [0, 0.05) is 32.7 Å². The first kappa shape index (κ1) is 19.5. The Kier molecular flexibility index (Phi) is 6.19. The molecular formula is C21H25F2N3O. The van der Waals surface area contributed by atoms with E-state index in [2.05, 4.69) is 41.4 Å². The van der Waals surface area contributed by atoms with Gasteiger partial charge in [-0.05, 0) is 31.5 Å². The van der Waals surface area contributed by atoms with Gasteiger partial charge in [0.2, 0.25) is 5.91 Å². The molecule has 0 spiro atoms. The monoisotopic (exact) mass is 373 g/mol. The van der Waals surface area contributed by atoms with Crippen molar-refractivity contribution in [2.45, 2.75) is 26.4 Å². The van der Waals surface area contributed by atoms with Gasteiger partial charge in [0.25, 0.3) is 0 Å². The highest BCUT2D eigenvalue weighted by Gasteiger charge is 2.26. The molecule has 0 bridgehead atoms. The van der Waals surface area contributed by atoms with Gasteiger partial charge in [-0.1, -0.05) is 35.9 Å². The van der Waals surface area contributed by atoms with Crippen LogP contribution in [0.3, 0.4) is 0 Å². The van der Waals surface area contributed by atoms with Crippen LogP contribution in [-0.2, 0) is 11.3 Å². The molecule has 144 valence electrons. The quantitative estimate of drug-likeness (QED) is 0.872. The summed E-state index contributed by atoms with van der Waals surface area (Å²) in [6.45, 7) is 7.90. The second kappa shape index (κ2) is 8.59. The maximum absolute atomic E-state index is 13.7. The molecule has 1 saturated heterocycles. The van der Waals surface area contributed by atoms with Crippen molar-refractivity contribution in [3.8, 4) is 0 Å². The average molecular weight is 373 g/mol. The van der Waals surface area contributed by atoms with E-state index in [1.165, 1.54) is 17.2 Å². The topological polar surface area (TPSA) is 35.6 Å². The predicted molar refractivity (Wildman–Crippen MR) is 102 cm³/mol. The van der Waals surface area contributed by atoms with Gasteiger partial charge in [0.15, 0.2) is 0 Å². The van der Waals surface area contributed by atoms with Crippen LogP contribution in [0.2, 0.25) is 0 Å². The molecule has 1 aliphatic heterocycles. The number of nitrogens with one attached hydrogen (secondary N) is 1. The molecular weight excluding hydrogens is 348 g/mol. The van der Waals surface area contributed by atoms with Crippen LogP contribution in [0.4, 0.5) is 14.5 Å². The summed E-state index contributed by atoms with van der Waals surface area (Å²) in [6, 6.07) is 11.5. The summed E-state index contributed by atoms with van der Waals surface area (Å²) >= 11 is 0. The molecule has 4 nitrogen and oxygen atoms in total. The SMILES string of the molecule is Cc1cccc(CN2CCN(C(C)C(=O)Nc3c(F)cccc3F)CC2)c1. The second-order valence-electron chi connectivity index (χ2n) is 7.06. The number of amides is 1. The number of anilines is 1. The number of hydrogen-bond donors (Lipinski definition) is 1. The Bertz CT molecular complexity index is 784. The van der Waals surface area contributed by atoms with Crippen LogP contribution in [0.5, 0.6) is 0 Å². The van der Waals surface area contributed by atoms with Gasteiger partial charge < -0.3 is 5.32 Å². The van der Waals surface area contributed by atoms with Crippen molar-refractivity contribution < 1.29 is 13.6 Å². The van der Waals surface area contributed by atoms with Crippen LogP contribution >= 0.6 is 0 Å². The molecule has 0 radical (unpaired) electrons. The van der Waals surface area contributed by atoms with Crippen molar-refractivity contribution >= 4 is 11.6 Å². The van der Waals surface area contributed by atoms with E-state index in [0.717, 1.165) is 44.9 Å². The lowest BCUT2D eigenvalue weighted by Crippen LogP contribution is -2.52. The highest BCUT2D eigenvalue weighted by Crippen LogP contribution is 2.19. The number of benzene rings is 2. The predicted octanol–water partition coefficient (Wildman–Crippen LogP) is 3.42. The van der Waals surface area contributed by atoms with E-state index in [1.807, 2.05) is 4.90 Å². The standard InChI is InChI=1S/C21H25F2N3O/c1-15-5-3-6-17(13-15)14-25-9-11-26(12-10-25)16(2)21(27)24-20-18(22)7-4-8-19(20)23/h3-8,13,16H,9-12,14H2,1-2H3,(H,24,27). The number of nitrogens with zero attached hydrogens (tertiary/aromatic N) is 2. The summed E-state index contributed by atoms with van der Waals surface area (Å²) in [6.07, 6.45) is 0. The Hall–Kier alpha value is -2.31. The zero-order valence-electron chi connectivity index (χ0n) is 15.7. The largest absolute Gasteiger partial charge is 0.320 e. The third-order valence-corrected chi connectivity index (χ3v) is 5.03. The van der Waals surface area contributed by atoms with Gasteiger partial charge >= 0.3 is 0 Å². The Morgan fingerprint density at radius 3 is 2.33 bits per heavy atom. The van der Waals surface area contributed by atoms with E-state index in [1.54, 1.807) is 6.92 Å². The minimum atomic E-state index is -0.765. The molecule has 1 unspecified atom stereocenters. The van der Waals surface area contributed by atoms with Crippen LogP contribution in [0.1, 0.15) is 18.1 Å².